The molecule has 0 bridgehead atoms. The minimum Gasteiger partial charge on any atom is -0.481 e. The van der Waals surface area contributed by atoms with Crippen molar-refractivity contribution in [2.75, 3.05) is 6.61 Å². The molecule has 2 aliphatic rings. The topological polar surface area (TPSA) is 63.6 Å². The van der Waals surface area contributed by atoms with Crippen LogP contribution in [0, 0.1) is 11.8 Å². The molecule has 60 valence electrons. The molecule has 1 aliphatic carbocycles. The second-order valence-electron chi connectivity index (χ2n) is 2.83. The molecule has 1 heterocycles. The lowest BCUT2D eigenvalue weighted by atomic mass is 10.3. The monoisotopic (exact) mass is 220 g/mol. The average Bonchev–Trinajstić information content (AvgIpc) is 2.43. The first-order chi connectivity index (χ1) is 5.07. The number of fused-ring (bicyclic) bond motifs is 1. The van der Waals surface area contributed by atoms with E-state index in [0.717, 1.165) is 0 Å². The summed E-state index contributed by atoms with van der Waals surface area (Å²) in [5.74, 6) is -2.36. The molecular formula is C6H5BrO4. The Morgan fingerprint density at radius 1 is 1.82 bits per heavy atom. The van der Waals surface area contributed by atoms with E-state index in [4.69, 9.17) is 5.11 Å². The number of halogens is 1. The number of cyclic esters (lactones) is 1. The van der Waals surface area contributed by atoms with Crippen LogP contribution >= 0.6 is 15.9 Å². The maximum absolute atomic E-state index is 10.8. The van der Waals surface area contributed by atoms with E-state index >= 15 is 0 Å². The van der Waals surface area contributed by atoms with Gasteiger partial charge in [0.15, 0.2) is 0 Å². The third kappa shape index (κ3) is 0.690. The number of rotatable bonds is 1. The smallest absolute Gasteiger partial charge is 0.311 e. The molecule has 4 nitrogen and oxygen atoms in total. The highest BCUT2D eigenvalue weighted by molar-refractivity contribution is 9.10. The van der Waals surface area contributed by atoms with Gasteiger partial charge in [0, 0.05) is 0 Å². The van der Waals surface area contributed by atoms with E-state index in [1.54, 1.807) is 0 Å². The summed E-state index contributed by atoms with van der Waals surface area (Å²) in [6.45, 7) is 0.188. The fourth-order valence-electron chi connectivity index (χ4n) is 1.54. The van der Waals surface area contributed by atoms with Crippen LogP contribution in [0.5, 0.6) is 0 Å². The third-order valence-electron chi connectivity index (χ3n) is 2.21. The van der Waals surface area contributed by atoms with Crippen LogP contribution in [0.4, 0.5) is 0 Å². The van der Waals surface area contributed by atoms with Gasteiger partial charge in [0.2, 0.25) is 0 Å². The summed E-state index contributed by atoms with van der Waals surface area (Å²) < 4.78 is 4.06. The standard InChI is InChI=1S/C6H5BrO4/c7-6-1-11-5(10)3(6)2(6)4(8)9/h2-3H,1H2,(H,8,9)/t2-,3-,6+/m0/s1. The molecule has 3 atom stereocenters. The van der Waals surface area contributed by atoms with Crippen LogP contribution in [0.2, 0.25) is 0 Å². The van der Waals surface area contributed by atoms with Crippen LogP contribution in [0.1, 0.15) is 0 Å². The van der Waals surface area contributed by atoms with Crippen molar-refractivity contribution < 1.29 is 19.4 Å². The largest absolute Gasteiger partial charge is 0.481 e. The van der Waals surface area contributed by atoms with Crippen molar-refractivity contribution in [1.82, 2.24) is 0 Å². The maximum atomic E-state index is 10.8. The lowest BCUT2D eigenvalue weighted by Gasteiger charge is -2.02. The molecule has 2 fully saturated rings. The van der Waals surface area contributed by atoms with E-state index in [0.29, 0.717) is 0 Å². The van der Waals surface area contributed by atoms with Gasteiger partial charge in [0.05, 0.1) is 16.2 Å². The normalized spacial score (nSPS) is 46.5. The van der Waals surface area contributed by atoms with E-state index in [1.165, 1.54) is 0 Å². The van der Waals surface area contributed by atoms with Gasteiger partial charge < -0.3 is 9.84 Å². The highest BCUT2D eigenvalue weighted by Crippen LogP contribution is 2.61. The zero-order valence-corrected chi connectivity index (χ0v) is 7.00. The summed E-state index contributed by atoms with van der Waals surface area (Å²) in [5, 5.41) is 8.60. The van der Waals surface area contributed by atoms with Crippen molar-refractivity contribution in [2.45, 2.75) is 4.32 Å². The summed E-state index contributed by atoms with van der Waals surface area (Å²) in [6, 6.07) is 0. The molecule has 0 aromatic carbocycles. The quantitative estimate of drug-likeness (QED) is 0.500. The Labute approximate surface area is 70.7 Å². The minimum absolute atomic E-state index is 0.188. The molecule has 1 saturated heterocycles. The maximum Gasteiger partial charge on any atom is 0.311 e. The highest BCUT2D eigenvalue weighted by Gasteiger charge is 2.75. The Bertz CT molecular complexity index is 245. The Kier molecular flexibility index (Phi) is 1.14. The summed E-state index contributed by atoms with van der Waals surface area (Å²) in [4.78, 5) is 21.3. The second kappa shape index (κ2) is 1.77. The molecule has 1 N–H and O–H groups in total. The van der Waals surface area contributed by atoms with Crippen LogP contribution in [-0.2, 0) is 14.3 Å². The number of ether oxygens (including phenoxy) is 1. The first-order valence-corrected chi connectivity index (χ1v) is 3.95. The number of carboxylic acid groups (broad SMARTS) is 1. The van der Waals surface area contributed by atoms with Gasteiger partial charge in [0.1, 0.15) is 6.61 Å². The van der Waals surface area contributed by atoms with Crippen molar-refractivity contribution in [1.29, 1.82) is 0 Å². The van der Waals surface area contributed by atoms with E-state index in [2.05, 4.69) is 20.7 Å². The molecule has 1 saturated carbocycles. The van der Waals surface area contributed by atoms with Crippen LogP contribution in [0.15, 0.2) is 0 Å². The average molecular weight is 221 g/mol. The van der Waals surface area contributed by atoms with E-state index in [1.807, 2.05) is 0 Å². The predicted octanol–water partition coefficient (Wildman–Crippen LogP) is 0.00750. The number of alkyl halides is 1. The number of aliphatic carboxylic acids is 1. The zero-order valence-electron chi connectivity index (χ0n) is 5.41. The van der Waals surface area contributed by atoms with Crippen molar-refractivity contribution in [3.05, 3.63) is 0 Å². The zero-order chi connectivity index (χ0) is 8.22. The van der Waals surface area contributed by atoms with Gasteiger partial charge in [-0.05, 0) is 0 Å². The summed E-state index contributed by atoms with van der Waals surface area (Å²) in [7, 11) is 0. The highest BCUT2D eigenvalue weighted by atomic mass is 79.9. The van der Waals surface area contributed by atoms with Crippen LogP contribution < -0.4 is 0 Å². The summed E-state index contributed by atoms with van der Waals surface area (Å²) in [6.07, 6.45) is 0. The number of hydrogen-bond donors (Lipinski definition) is 1. The third-order valence-corrected chi connectivity index (χ3v) is 3.43. The summed E-state index contributed by atoms with van der Waals surface area (Å²) in [5.41, 5.74) is 0. The predicted molar refractivity (Wildman–Crippen MR) is 37.2 cm³/mol. The molecule has 11 heavy (non-hydrogen) atoms. The number of hydrogen-bond acceptors (Lipinski definition) is 3. The second-order valence-corrected chi connectivity index (χ2v) is 4.30. The Morgan fingerprint density at radius 2 is 2.45 bits per heavy atom. The van der Waals surface area contributed by atoms with E-state index in [9.17, 15) is 9.59 Å². The summed E-state index contributed by atoms with van der Waals surface area (Å²) >= 11 is 3.20. The molecule has 0 aromatic rings. The van der Waals surface area contributed by atoms with Gasteiger partial charge in [-0.15, -0.1) is 0 Å². The Morgan fingerprint density at radius 3 is 2.73 bits per heavy atom. The van der Waals surface area contributed by atoms with Crippen molar-refractivity contribution in [2.24, 2.45) is 11.8 Å². The SMILES string of the molecule is O=C(O)[C@@H]1[C@H]2C(=O)OC[C@@]12Br. The Balaban J connectivity index is 2.24. The fourth-order valence-corrected chi connectivity index (χ4v) is 2.43. The van der Waals surface area contributed by atoms with Crippen molar-refractivity contribution in [3.8, 4) is 0 Å². The van der Waals surface area contributed by atoms with Gasteiger partial charge >= 0.3 is 11.9 Å². The molecule has 0 spiro atoms. The lowest BCUT2D eigenvalue weighted by Crippen LogP contribution is -2.16. The number of carbonyl (C=O) groups excluding carboxylic acids is 1. The van der Waals surface area contributed by atoms with E-state index < -0.39 is 28.1 Å². The van der Waals surface area contributed by atoms with E-state index in [-0.39, 0.29) is 6.61 Å². The first kappa shape index (κ1) is 7.09. The molecular weight excluding hydrogens is 216 g/mol. The van der Waals surface area contributed by atoms with Crippen molar-refractivity contribution >= 4 is 27.9 Å². The van der Waals surface area contributed by atoms with Gasteiger partial charge in [-0.3, -0.25) is 9.59 Å². The number of carboxylic acids is 1. The van der Waals surface area contributed by atoms with Gasteiger partial charge in [-0.1, -0.05) is 15.9 Å². The number of carbonyl (C=O) groups is 2. The molecule has 0 amide bonds. The van der Waals surface area contributed by atoms with Gasteiger partial charge in [0.25, 0.3) is 0 Å². The molecule has 5 heteroatoms. The van der Waals surface area contributed by atoms with Gasteiger partial charge in [-0.25, -0.2) is 0 Å². The van der Waals surface area contributed by atoms with Crippen LogP contribution in [-0.4, -0.2) is 28.0 Å². The van der Waals surface area contributed by atoms with Crippen molar-refractivity contribution in [3.63, 3.8) is 0 Å². The number of esters is 1. The molecule has 0 unspecified atom stereocenters. The van der Waals surface area contributed by atoms with Crippen LogP contribution in [0.25, 0.3) is 0 Å². The molecule has 1 aliphatic heterocycles. The molecule has 0 radical (unpaired) electrons. The Hall–Kier alpha value is -0.580. The first-order valence-electron chi connectivity index (χ1n) is 3.16. The lowest BCUT2D eigenvalue weighted by molar-refractivity contribution is -0.148. The fraction of sp³-hybridized carbons (Fsp3) is 0.667. The molecule has 2 rings (SSSR count). The molecule has 0 aromatic heterocycles. The van der Waals surface area contributed by atoms with Gasteiger partial charge in [-0.2, -0.15) is 0 Å². The van der Waals surface area contributed by atoms with Crippen LogP contribution in [0.3, 0.4) is 0 Å². The minimum atomic E-state index is -0.927.